The second kappa shape index (κ2) is 8.03. The molecule has 2 fully saturated rings. The number of nitrogens with zero attached hydrogens (tertiary/aromatic N) is 2. The van der Waals surface area contributed by atoms with E-state index in [2.05, 4.69) is 20.1 Å². The monoisotopic (exact) mass is 494 g/mol. The Kier molecular flexibility index (Phi) is 5.12. The van der Waals surface area contributed by atoms with E-state index >= 15 is 0 Å². The maximum atomic E-state index is 14.0. The topological polar surface area (TPSA) is 94.2 Å². The number of benzene rings is 2. The number of methoxy groups -OCH3 is 1. The first-order valence-electron chi connectivity index (χ1n) is 12.1. The van der Waals surface area contributed by atoms with E-state index in [1.54, 1.807) is 13.2 Å². The number of carbonyl (C=O) groups is 1. The number of nitrogens with one attached hydrogen (secondary N) is 2. The van der Waals surface area contributed by atoms with Crippen molar-refractivity contribution in [3.05, 3.63) is 58.9 Å². The van der Waals surface area contributed by atoms with Gasteiger partial charge in [0, 0.05) is 53.5 Å². The molecule has 1 saturated heterocycles. The van der Waals surface area contributed by atoms with Gasteiger partial charge in [0.05, 0.1) is 24.4 Å². The first-order chi connectivity index (χ1) is 17.2. The molecule has 9 heteroatoms. The molecular formula is C27H28F2N4O3. The van der Waals surface area contributed by atoms with Crippen LogP contribution in [0.5, 0.6) is 5.75 Å². The molecular weight excluding hydrogens is 466 g/mol. The smallest absolute Gasteiger partial charge is 0.336 e. The summed E-state index contributed by atoms with van der Waals surface area (Å²) in [5, 5.41) is 18.4. The molecule has 2 aromatic heterocycles. The van der Waals surface area contributed by atoms with Crippen molar-refractivity contribution in [2.45, 2.75) is 51.1 Å². The molecule has 7 nitrogen and oxygen atoms in total. The van der Waals surface area contributed by atoms with E-state index in [9.17, 15) is 18.7 Å². The number of fused-ring (bicyclic) bond motifs is 2. The number of aromatic nitrogens is 3. The zero-order chi connectivity index (χ0) is 25.2. The van der Waals surface area contributed by atoms with Gasteiger partial charge >= 0.3 is 5.97 Å². The maximum Gasteiger partial charge on any atom is 0.336 e. The highest BCUT2D eigenvalue weighted by molar-refractivity contribution is 6.03. The number of carboxylic acid groups (broad SMARTS) is 1. The average Bonchev–Trinajstić information content (AvgIpc) is 3.50. The number of carboxylic acids is 1. The summed E-state index contributed by atoms with van der Waals surface area (Å²) in [5.41, 5.74) is 4.48. The molecule has 1 atom stereocenters. The number of hydrogen-bond acceptors (Lipinski definition) is 4. The molecule has 0 amide bonds. The fourth-order valence-corrected chi connectivity index (χ4v) is 6.55. The van der Waals surface area contributed by atoms with Crippen molar-refractivity contribution in [2.75, 3.05) is 13.7 Å². The van der Waals surface area contributed by atoms with Crippen molar-refractivity contribution in [1.82, 2.24) is 20.1 Å². The summed E-state index contributed by atoms with van der Waals surface area (Å²) in [4.78, 5) is 17.4. The first kappa shape index (κ1) is 23.0. The minimum absolute atomic E-state index is 0.0976. The van der Waals surface area contributed by atoms with Crippen molar-refractivity contribution in [3.63, 3.8) is 0 Å². The number of aromatic amines is 2. The number of aryl methyl sites for hydroxylation is 1. The van der Waals surface area contributed by atoms with Gasteiger partial charge in [0.25, 0.3) is 0 Å². The number of hydrogen-bond donors (Lipinski definition) is 3. The van der Waals surface area contributed by atoms with Crippen molar-refractivity contribution in [2.24, 2.45) is 5.41 Å². The van der Waals surface area contributed by atoms with Gasteiger partial charge in [0.1, 0.15) is 5.75 Å². The number of alkyl halides is 2. The molecule has 4 aromatic rings. The third-order valence-corrected chi connectivity index (χ3v) is 8.19. The lowest BCUT2D eigenvalue weighted by atomic mass is 9.59. The van der Waals surface area contributed by atoms with Gasteiger partial charge in [-0.1, -0.05) is 6.07 Å². The van der Waals surface area contributed by atoms with E-state index in [1.807, 2.05) is 31.3 Å². The summed E-state index contributed by atoms with van der Waals surface area (Å²) in [6, 6.07) is 7.30. The van der Waals surface area contributed by atoms with E-state index < -0.39 is 17.3 Å². The highest BCUT2D eigenvalue weighted by Crippen LogP contribution is 2.61. The van der Waals surface area contributed by atoms with Crippen LogP contribution in [0.2, 0.25) is 0 Å². The van der Waals surface area contributed by atoms with Crippen molar-refractivity contribution in [3.8, 4) is 5.75 Å². The van der Waals surface area contributed by atoms with Crippen LogP contribution in [-0.2, 0) is 6.54 Å². The zero-order valence-electron chi connectivity index (χ0n) is 20.2. The largest absolute Gasteiger partial charge is 0.496 e. The summed E-state index contributed by atoms with van der Waals surface area (Å²) in [5.74, 6) is -2.84. The Morgan fingerprint density at radius 3 is 2.78 bits per heavy atom. The molecule has 1 aliphatic carbocycles. The van der Waals surface area contributed by atoms with Crippen molar-refractivity contribution in [1.29, 1.82) is 0 Å². The Balaban J connectivity index is 1.44. The van der Waals surface area contributed by atoms with E-state index in [4.69, 9.17) is 4.74 Å². The fraction of sp³-hybridized carbons (Fsp3) is 0.407. The van der Waals surface area contributed by atoms with Crippen LogP contribution in [0.1, 0.15) is 58.8 Å². The van der Waals surface area contributed by atoms with Crippen molar-refractivity contribution >= 4 is 27.8 Å². The van der Waals surface area contributed by atoms with E-state index in [-0.39, 0.29) is 24.4 Å². The normalized spacial score (nSPS) is 21.2. The fourth-order valence-electron chi connectivity index (χ4n) is 6.55. The van der Waals surface area contributed by atoms with Gasteiger partial charge < -0.3 is 14.8 Å². The molecule has 1 spiro atoms. The number of likely N-dealkylation sites (tertiary alicyclic amines) is 1. The van der Waals surface area contributed by atoms with Gasteiger partial charge in [-0.3, -0.25) is 10.00 Å². The van der Waals surface area contributed by atoms with Crippen LogP contribution in [0, 0.1) is 12.3 Å². The molecule has 2 aliphatic rings. The second-order valence-electron chi connectivity index (χ2n) is 10.5. The quantitative estimate of drug-likeness (QED) is 0.325. The lowest BCUT2D eigenvalue weighted by Gasteiger charge is -2.54. The van der Waals surface area contributed by atoms with E-state index in [0.717, 1.165) is 33.3 Å². The predicted octanol–water partition coefficient (Wildman–Crippen LogP) is 5.81. The molecule has 0 radical (unpaired) electrons. The maximum absolute atomic E-state index is 14.0. The molecule has 2 aromatic carbocycles. The lowest BCUT2D eigenvalue weighted by Crippen LogP contribution is -2.53. The molecule has 3 heterocycles. The van der Waals surface area contributed by atoms with Crippen LogP contribution in [0.25, 0.3) is 21.8 Å². The number of rotatable bonds is 5. The molecule has 188 valence electrons. The number of piperidine rings is 1. The van der Waals surface area contributed by atoms with Crippen LogP contribution >= 0.6 is 0 Å². The Labute approximate surface area is 206 Å². The summed E-state index contributed by atoms with van der Waals surface area (Å²) in [6.45, 7) is 3.26. The minimum Gasteiger partial charge on any atom is -0.496 e. The second-order valence-corrected chi connectivity index (χ2v) is 10.5. The highest BCUT2D eigenvalue weighted by atomic mass is 19.3. The van der Waals surface area contributed by atoms with Crippen LogP contribution in [0.15, 0.2) is 36.7 Å². The minimum atomic E-state index is -2.61. The number of halogens is 2. The Hall–Kier alpha value is -3.46. The highest BCUT2D eigenvalue weighted by Gasteiger charge is 2.58. The van der Waals surface area contributed by atoms with Gasteiger partial charge in [0.15, 0.2) is 0 Å². The van der Waals surface area contributed by atoms with Gasteiger partial charge in [-0.05, 0) is 61.1 Å². The summed E-state index contributed by atoms with van der Waals surface area (Å²) < 4.78 is 33.9. The third kappa shape index (κ3) is 3.56. The Morgan fingerprint density at radius 2 is 2.06 bits per heavy atom. The lowest BCUT2D eigenvalue weighted by molar-refractivity contribution is -0.186. The summed E-state index contributed by atoms with van der Waals surface area (Å²) in [7, 11) is 1.66. The predicted molar refractivity (Wildman–Crippen MR) is 132 cm³/mol. The van der Waals surface area contributed by atoms with Crippen LogP contribution in [-0.4, -0.2) is 50.7 Å². The molecule has 36 heavy (non-hydrogen) atoms. The molecule has 3 N–H and O–H groups in total. The Bertz CT molecular complexity index is 1480. The summed E-state index contributed by atoms with van der Waals surface area (Å²) >= 11 is 0. The van der Waals surface area contributed by atoms with Crippen molar-refractivity contribution < 1.29 is 23.4 Å². The number of aromatic carboxylic acids is 1. The average molecular weight is 495 g/mol. The van der Waals surface area contributed by atoms with Crippen LogP contribution in [0.4, 0.5) is 8.78 Å². The first-order valence-corrected chi connectivity index (χ1v) is 12.1. The van der Waals surface area contributed by atoms with E-state index in [0.29, 0.717) is 36.8 Å². The van der Waals surface area contributed by atoms with Crippen LogP contribution in [0.3, 0.4) is 0 Å². The third-order valence-electron chi connectivity index (χ3n) is 8.19. The number of H-pyrrole nitrogens is 2. The molecule has 0 bridgehead atoms. The van der Waals surface area contributed by atoms with Gasteiger partial charge in [-0.2, -0.15) is 5.10 Å². The van der Waals surface area contributed by atoms with Crippen LogP contribution < -0.4 is 4.74 Å². The van der Waals surface area contributed by atoms with Gasteiger partial charge in [0.2, 0.25) is 5.92 Å². The van der Waals surface area contributed by atoms with E-state index in [1.165, 1.54) is 6.20 Å². The standard InChI is InChI=1S/C27H28F2N4O3/c1-15-9-22(36-2)20(16-5-7-30-23(15)16)12-33-8-6-26(13-27(28,29)14-26)10-21(33)18-4-3-17(25(34)35)19-11-31-32-24(18)19/h3-5,7,9,11,21,30H,6,8,10,12-14H2,1-2H3,(H,31,32)(H,34,35). The SMILES string of the molecule is COc1cc(C)c2[nH]ccc2c1CN1CCC2(CC1c1ccc(C(=O)O)c3cn[nH]c13)CC(F)(F)C2. The summed E-state index contributed by atoms with van der Waals surface area (Å²) in [6.07, 6.45) is 4.52. The van der Waals surface area contributed by atoms with Gasteiger partial charge in [-0.15, -0.1) is 0 Å². The number of ether oxygens (including phenoxy) is 1. The Morgan fingerprint density at radius 1 is 1.25 bits per heavy atom. The van der Waals surface area contributed by atoms with Gasteiger partial charge in [-0.25, -0.2) is 13.6 Å². The molecule has 1 saturated carbocycles. The molecule has 1 aliphatic heterocycles. The molecule has 6 rings (SSSR count). The molecule has 1 unspecified atom stereocenters. The zero-order valence-corrected chi connectivity index (χ0v) is 20.2.